The van der Waals surface area contributed by atoms with Crippen LogP contribution in [0.15, 0.2) is 18.2 Å². The van der Waals surface area contributed by atoms with Crippen molar-refractivity contribution in [1.82, 2.24) is 15.1 Å². The lowest BCUT2D eigenvalue weighted by molar-refractivity contribution is -0.141. The number of carbonyl (C=O) groups is 3. The van der Waals surface area contributed by atoms with Crippen molar-refractivity contribution < 1.29 is 24.2 Å². The molecule has 0 aliphatic carbocycles. The highest BCUT2D eigenvalue weighted by atomic mass is 16.5. The van der Waals surface area contributed by atoms with Crippen molar-refractivity contribution in [3.63, 3.8) is 0 Å². The minimum atomic E-state index is -0.936. The third-order valence-electron chi connectivity index (χ3n) is 5.98. The molecule has 156 valence electrons. The number of hydrogen-bond donors (Lipinski definition) is 2. The molecule has 1 aromatic rings. The molecule has 2 fully saturated rings. The summed E-state index contributed by atoms with van der Waals surface area (Å²) in [5.41, 5.74) is 0.539. The standard InChI is InChI=1S/C21H27N3O5/c1-14-4-5-17-16(11-14)20(28)22-21(29-17)7-6-18(26)24(10-8-21)13-19(27)23-9-2-3-15(25)12-23/h4-5,11,15,25H,2-3,6-10,12-13H2,1H3,(H,22,28). The average Bonchev–Trinajstić information content (AvgIpc) is 2.83. The minimum absolute atomic E-state index is 0.00857. The van der Waals surface area contributed by atoms with Crippen molar-refractivity contribution >= 4 is 17.7 Å². The van der Waals surface area contributed by atoms with E-state index in [2.05, 4.69) is 5.32 Å². The highest BCUT2D eigenvalue weighted by molar-refractivity contribution is 5.98. The van der Waals surface area contributed by atoms with Gasteiger partial charge < -0.3 is 25.0 Å². The lowest BCUT2D eigenvalue weighted by Crippen LogP contribution is -2.56. The number of hydrogen-bond acceptors (Lipinski definition) is 5. The number of fused-ring (bicyclic) bond motifs is 1. The first-order valence-electron chi connectivity index (χ1n) is 10.2. The molecule has 0 aromatic heterocycles. The smallest absolute Gasteiger partial charge is 0.258 e. The lowest BCUT2D eigenvalue weighted by Gasteiger charge is -2.38. The van der Waals surface area contributed by atoms with Crippen LogP contribution >= 0.6 is 0 Å². The molecule has 0 radical (unpaired) electrons. The monoisotopic (exact) mass is 401 g/mol. The molecule has 0 bridgehead atoms. The summed E-state index contributed by atoms with van der Waals surface area (Å²) in [7, 11) is 0. The molecule has 3 amide bonds. The zero-order chi connectivity index (χ0) is 20.6. The molecular formula is C21H27N3O5. The molecule has 3 aliphatic heterocycles. The van der Waals surface area contributed by atoms with Crippen LogP contribution in [0.5, 0.6) is 5.75 Å². The van der Waals surface area contributed by atoms with Gasteiger partial charge in [-0.05, 0) is 31.9 Å². The number of β-amino-alcohol motifs (C(OH)–C–C–N with tert-alkyl or cyclic N) is 1. The van der Waals surface area contributed by atoms with Gasteiger partial charge in [0.05, 0.1) is 18.2 Å². The van der Waals surface area contributed by atoms with Gasteiger partial charge in [0.25, 0.3) is 5.91 Å². The number of aliphatic hydroxyl groups is 1. The molecule has 0 saturated carbocycles. The quantitative estimate of drug-likeness (QED) is 0.764. The molecule has 2 N–H and O–H groups in total. The molecule has 3 heterocycles. The lowest BCUT2D eigenvalue weighted by atomic mass is 9.99. The van der Waals surface area contributed by atoms with E-state index < -0.39 is 11.8 Å². The number of piperidine rings is 1. The predicted molar refractivity (Wildman–Crippen MR) is 104 cm³/mol. The van der Waals surface area contributed by atoms with Gasteiger partial charge in [0.2, 0.25) is 11.8 Å². The van der Waals surface area contributed by atoms with Crippen LogP contribution in [0.2, 0.25) is 0 Å². The van der Waals surface area contributed by atoms with E-state index in [0.717, 1.165) is 12.0 Å². The number of rotatable bonds is 2. The maximum atomic E-state index is 12.6. The number of carbonyl (C=O) groups excluding carboxylic acids is 3. The van der Waals surface area contributed by atoms with Crippen LogP contribution in [-0.4, -0.2) is 70.6 Å². The molecule has 1 aromatic carbocycles. The van der Waals surface area contributed by atoms with Gasteiger partial charge in [0, 0.05) is 38.9 Å². The Balaban J connectivity index is 1.44. The van der Waals surface area contributed by atoms with E-state index in [4.69, 9.17) is 4.74 Å². The van der Waals surface area contributed by atoms with Gasteiger partial charge in [0.15, 0.2) is 5.72 Å². The molecular weight excluding hydrogens is 374 g/mol. The number of benzene rings is 1. The third kappa shape index (κ3) is 4.07. The average molecular weight is 401 g/mol. The van der Waals surface area contributed by atoms with E-state index in [1.54, 1.807) is 17.0 Å². The normalized spacial score (nSPS) is 27.2. The Morgan fingerprint density at radius 3 is 2.93 bits per heavy atom. The van der Waals surface area contributed by atoms with Crippen molar-refractivity contribution in [2.24, 2.45) is 0 Å². The van der Waals surface area contributed by atoms with Crippen molar-refractivity contribution in [3.8, 4) is 5.75 Å². The van der Waals surface area contributed by atoms with Crippen molar-refractivity contribution in [3.05, 3.63) is 29.3 Å². The fraction of sp³-hybridized carbons (Fsp3) is 0.571. The number of amides is 3. The number of aliphatic hydroxyl groups excluding tert-OH is 1. The number of likely N-dealkylation sites (tertiary alicyclic amines) is 2. The summed E-state index contributed by atoms with van der Waals surface area (Å²) in [6.07, 6.45) is 1.93. The van der Waals surface area contributed by atoms with Gasteiger partial charge in [-0.3, -0.25) is 14.4 Å². The Bertz CT molecular complexity index is 842. The Morgan fingerprint density at radius 1 is 1.31 bits per heavy atom. The van der Waals surface area contributed by atoms with Gasteiger partial charge in [0.1, 0.15) is 5.75 Å². The number of nitrogens with zero attached hydrogens (tertiary/aromatic N) is 2. The Labute approximate surface area is 169 Å². The van der Waals surface area contributed by atoms with E-state index in [-0.39, 0.29) is 30.7 Å². The predicted octanol–water partition coefficient (Wildman–Crippen LogP) is 0.809. The first kappa shape index (κ1) is 19.7. The third-order valence-corrected chi connectivity index (χ3v) is 5.98. The maximum Gasteiger partial charge on any atom is 0.258 e. The van der Waals surface area contributed by atoms with Crippen molar-refractivity contribution in [2.45, 2.75) is 50.9 Å². The van der Waals surface area contributed by atoms with Gasteiger partial charge >= 0.3 is 0 Å². The topological polar surface area (TPSA) is 99.2 Å². The first-order valence-corrected chi connectivity index (χ1v) is 10.2. The number of ether oxygens (including phenoxy) is 1. The second-order valence-corrected chi connectivity index (χ2v) is 8.25. The molecule has 29 heavy (non-hydrogen) atoms. The molecule has 1 spiro atoms. The van der Waals surface area contributed by atoms with Crippen LogP contribution in [0, 0.1) is 6.92 Å². The fourth-order valence-corrected chi connectivity index (χ4v) is 4.29. The van der Waals surface area contributed by atoms with E-state index in [1.165, 1.54) is 4.90 Å². The highest BCUT2D eigenvalue weighted by Gasteiger charge is 2.43. The Hall–Kier alpha value is -2.61. The van der Waals surface area contributed by atoms with E-state index >= 15 is 0 Å². The van der Waals surface area contributed by atoms with E-state index in [1.807, 2.05) is 13.0 Å². The SMILES string of the molecule is Cc1ccc2c(c1)C(=O)NC1(CCC(=O)N(CC(=O)N3CCCC(O)C3)CC1)O2. The van der Waals surface area contributed by atoms with Gasteiger partial charge in [-0.2, -0.15) is 0 Å². The van der Waals surface area contributed by atoms with Crippen molar-refractivity contribution in [1.29, 1.82) is 0 Å². The maximum absolute atomic E-state index is 12.6. The summed E-state index contributed by atoms with van der Waals surface area (Å²) in [4.78, 5) is 41.0. The second kappa shape index (κ2) is 7.67. The number of nitrogens with one attached hydrogen (secondary N) is 1. The Morgan fingerprint density at radius 2 is 2.14 bits per heavy atom. The summed E-state index contributed by atoms with van der Waals surface area (Å²) in [6.45, 7) is 3.16. The summed E-state index contributed by atoms with van der Waals surface area (Å²) in [5, 5.41) is 12.7. The number of aryl methyl sites for hydroxylation is 1. The molecule has 8 heteroatoms. The van der Waals surface area contributed by atoms with Crippen LogP contribution in [0.1, 0.15) is 48.0 Å². The zero-order valence-corrected chi connectivity index (χ0v) is 16.6. The molecule has 2 saturated heterocycles. The summed E-state index contributed by atoms with van der Waals surface area (Å²) < 4.78 is 6.16. The summed E-state index contributed by atoms with van der Waals surface area (Å²) in [6, 6.07) is 5.48. The second-order valence-electron chi connectivity index (χ2n) is 8.25. The Kier molecular flexibility index (Phi) is 5.21. The summed E-state index contributed by atoms with van der Waals surface area (Å²) in [5.74, 6) is 0.0515. The van der Waals surface area contributed by atoms with E-state index in [0.29, 0.717) is 50.2 Å². The van der Waals surface area contributed by atoms with E-state index in [9.17, 15) is 19.5 Å². The first-order chi connectivity index (χ1) is 13.8. The minimum Gasteiger partial charge on any atom is -0.467 e. The van der Waals surface area contributed by atoms with Crippen LogP contribution in [0.3, 0.4) is 0 Å². The molecule has 4 rings (SSSR count). The van der Waals surface area contributed by atoms with Crippen LogP contribution < -0.4 is 10.1 Å². The molecule has 2 unspecified atom stereocenters. The molecule has 3 aliphatic rings. The highest BCUT2D eigenvalue weighted by Crippen LogP contribution is 2.34. The fourth-order valence-electron chi connectivity index (χ4n) is 4.29. The van der Waals surface area contributed by atoms with Crippen LogP contribution in [0.25, 0.3) is 0 Å². The van der Waals surface area contributed by atoms with Gasteiger partial charge in [-0.15, -0.1) is 0 Å². The van der Waals surface area contributed by atoms with Crippen molar-refractivity contribution in [2.75, 3.05) is 26.2 Å². The molecule has 8 nitrogen and oxygen atoms in total. The van der Waals surface area contributed by atoms with Crippen LogP contribution in [0.4, 0.5) is 0 Å². The van der Waals surface area contributed by atoms with Gasteiger partial charge in [-0.1, -0.05) is 11.6 Å². The zero-order valence-electron chi connectivity index (χ0n) is 16.6. The van der Waals surface area contributed by atoms with Gasteiger partial charge in [-0.25, -0.2) is 0 Å². The van der Waals surface area contributed by atoms with Crippen LogP contribution in [-0.2, 0) is 9.59 Å². The largest absolute Gasteiger partial charge is 0.467 e. The summed E-state index contributed by atoms with van der Waals surface area (Å²) >= 11 is 0. The molecule has 2 atom stereocenters.